The van der Waals surface area contributed by atoms with Crippen molar-refractivity contribution in [1.82, 2.24) is 0 Å². The molecule has 0 aliphatic rings. The normalized spacial score (nSPS) is 12.4. The van der Waals surface area contributed by atoms with Gasteiger partial charge in [0.15, 0.2) is 5.78 Å². The molecule has 0 aliphatic heterocycles. The van der Waals surface area contributed by atoms with Crippen LogP contribution in [0.15, 0.2) is 24.3 Å². The summed E-state index contributed by atoms with van der Waals surface area (Å²) >= 11 is 0. The van der Waals surface area contributed by atoms with Gasteiger partial charge >= 0.3 is 7.60 Å². The predicted molar refractivity (Wildman–Crippen MR) is 89.8 cm³/mol. The van der Waals surface area contributed by atoms with Crippen molar-refractivity contribution in [3.63, 3.8) is 0 Å². The summed E-state index contributed by atoms with van der Waals surface area (Å²) in [5, 5.41) is 0. The average molecular weight is 326 g/mol. The molecule has 0 spiro atoms. The Kier molecular flexibility index (Phi) is 6.98. The molecule has 0 saturated carbocycles. The molecule has 5 heteroatoms. The Morgan fingerprint density at radius 3 is 1.95 bits per heavy atom. The maximum Gasteiger partial charge on any atom is 0.331 e. The van der Waals surface area contributed by atoms with Gasteiger partial charge in [-0.25, -0.2) is 0 Å². The molecule has 0 aromatic heterocycles. The van der Waals surface area contributed by atoms with Crippen molar-refractivity contribution in [3.8, 4) is 0 Å². The van der Waals surface area contributed by atoms with Gasteiger partial charge in [-0.2, -0.15) is 0 Å². The first kappa shape index (κ1) is 19.1. The van der Waals surface area contributed by atoms with E-state index in [1.54, 1.807) is 13.8 Å². The molecule has 0 saturated heterocycles. The van der Waals surface area contributed by atoms with Crippen LogP contribution in [0.25, 0.3) is 0 Å². The van der Waals surface area contributed by atoms with Crippen molar-refractivity contribution in [2.24, 2.45) is 0 Å². The highest BCUT2D eigenvalue weighted by Crippen LogP contribution is 2.48. The zero-order valence-electron chi connectivity index (χ0n) is 14.2. The summed E-state index contributed by atoms with van der Waals surface area (Å²) in [7, 11) is -3.15. The lowest BCUT2D eigenvalue weighted by atomic mass is 9.86. The average Bonchev–Trinajstić information content (AvgIpc) is 2.45. The second-order valence-electron chi connectivity index (χ2n) is 6.17. The van der Waals surface area contributed by atoms with E-state index in [4.69, 9.17) is 9.05 Å². The summed E-state index contributed by atoms with van der Waals surface area (Å²) < 4.78 is 22.7. The van der Waals surface area contributed by atoms with Gasteiger partial charge in [0.05, 0.1) is 19.4 Å². The first-order valence-electron chi connectivity index (χ1n) is 7.73. The zero-order chi connectivity index (χ0) is 16.8. The second-order valence-corrected chi connectivity index (χ2v) is 8.36. The summed E-state index contributed by atoms with van der Waals surface area (Å²) in [6.07, 6.45) is 0.278. The van der Waals surface area contributed by atoms with Crippen LogP contribution in [0.2, 0.25) is 0 Å². The number of ketones is 1. The van der Waals surface area contributed by atoms with Crippen LogP contribution in [0.1, 0.15) is 57.0 Å². The predicted octanol–water partition coefficient (Wildman–Crippen LogP) is 4.82. The van der Waals surface area contributed by atoms with Gasteiger partial charge < -0.3 is 9.05 Å². The molecule has 0 fully saturated rings. The van der Waals surface area contributed by atoms with E-state index in [1.807, 2.05) is 24.3 Å². The van der Waals surface area contributed by atoms with Crippen molar-refractivity contribution in [3.05, 3.63) is 35.4 Å². The van der Waals surface area contributed by atoms with Crippen LogP contribution in [0, 0.1) is 0 Å². The Bertz CT molecular complexity index is 519. The van der Waals surface area contributed by atoms with E-state index in [-0.39, 0.29) is 23.8 Å². The number of rotatable bonds is 8. The molecule has 0 heterocycles. The fourth-order valence-electron chi connectivity index (χ4n) is 2.10. The van der Waals surface area contributed by atoms with Gasteiger partial charge in [0.25, 0.3) is 0 Å². The number of Topliss-reactive ketones (excluding diaryl/α,β-unsaturated/α-hetero) is 1. The van der Waals surface area contributed by atoms with Crippen molar-refractivity contribution in [1.29, 1.82) is 0 Å². The smallest absolute Gasteiger partial charge is 0.309 e. The van der Waals surface area contributed by atoms with Crippen molar-refractivity contribution in [2.75, 3.05) is 19.4 Å². The summed E-state index contributed by atoms with van der Waals surface area (Å²) in [5.41, 5.74) is 1.87. The highest BCUT2D eigenvalue weighted by atomic mass is 31.2. The van der Waals surface area contributed by atoms with Crippen molar-refractivity contribution in [2.45, 2.75) is 46.5 Å². The molecule has 1 rings (SSSR count). The molecule has 0 aliphatic carbocycles. The Morgan fingerprint density at radius 1 is 1.05 bits per heavy atom. The molecule has 0 unspecified atom stereocenters. The molecule has 22 heavy (non-hydrogen) atoms. The van der Waals surface area contributed by atoms with Gasteiger partial charge in [0.1, 0.15) is 0 Å². The van der Waals surface area contributed by atoms with Gasteiger partial charge in [-0.1, -0.05) is 45.0 Å². The molecule has 0 radical (unpaired) electrons. The van der Waals surface area contributed by atoms with E-state index in [0.29, 0.717) is 18.8 Å². The third-order valence-electron chi connectivity index (χ3n) is 3.34. The van der Waals surface area contributed by atoms with Crippen LogP contribution in [0.5, 0.6) is 0 Å². The quantitative estimate of drug-likeness (QED) is 0.507. The van der Waals surface area contributed by atoms with E-state index in [9.17, 15) is 9.36 Å². The van der Waals surface area contributed by atoms with E-state index in [1.165, 1.54) is 5.56 Å². The Balaban J connectivity index is 2.71. The van der Waals surface area contributed by atoms with Crippen LogP contribution in [0.3, 0.4) is 0 Å². The van der Waals surface area contributed by atoms with Crippen LogP contribution in [-0.2, 0) is 19.0 Å². The molecule has 0 amide bonds. The van der Waals surface area contributed by atoms with E-state index >= 15 is 0 Å². The molecule has 0 N–H and O–H groups in total. The number of hydrogen-bond acceptors (Lipinski definition) is 4. The number of benzene rings is 1. The van der Waals surface area contributed by atoms with E-state index in [0.717, 1.165) is 0 Å². The minimum atomic E-state index is -3.15. The minimum Gasteiger partial charge on any atom is -0.309 e. The largest absolute Gasteiger partial charge is 0.331 e. The summed E-state index contributed by atoms with van der Waals surface area (Å²) in [4.78, 5) is 12.2. The molecular formula is C17H27O4P. The van der Waals surface area contributed by atoms with Gasteiger partial charge in [0.2, 0.25) is 0 Å². The highest BCUT2D eigenvalue weighted by molar-refractivity contribution is 7.53. The third kappa shape index (κ3) is 5.68. The van der Waals surface area contributed by atoms with Crippen molar-refractivity contribution < 1.29 is 18.4 Å². The SMILES string of the molecule is CCOP(=O)(CCC(=O)c1ccc(C(C)(C)C)cc1)OCC. The standard InChI is InChI=1S/C17H27O4P/c1-6-20-22(19,21-7-2)13-12-16(18)14-8-10-15(11-9-14)17(3,4)5/h8-11H,6-7,12-13H2,1-5H3. The summed E-state index contributed by atoms with van der Waals surface area (Å²) in [6, 6.07) is 7.60. The molecule has 0 bridgehead atoms. The molecular weight excluding hydrogens is 299 g/mol. The van der Waals surface area contributed by atoms with Gasteiger partial charge in [0, 0.05) is 12.0 Å². The Hall–Kier alpha value is -0.960. The van der Waals surface area contributed by atoms with Gasteiger partial charge in [-0.05, 0) is 24.8 Å². The molecule has 1 aromatic carbocycles. The van der Waals surface area contributed by atoms with Gasteiger partial charge in [-0.3, -0.25) is 9.36 Å². The summed E-state index contributed by atoms with van der Waals surface area (Å²) in [6.45, 7) is 10.5. The lowest BCUT2D eigenvalue weighted by molar-refractivity contribution is 0.0984. The van der Waals surface area contributed by atoms with Crippen LogP contribution in [-0.4, -0.2) is 25.2 Å². The number of carbonyl (C=O) groups excluding carboxylic acids is 1. The fraction of sp³-hybridized carbons (Fsp3) is 0.588. The Morgan fingerprint density at radius 2 is 1.55 bits per heavy atom. The fourth-order valence-corrected chi connectivity index (χ4v) is 3.70. The third-order valence-corrected chi connectivity index (χ3v) is 5.41. The zero-order valence-corrected chi connectivity index (χ0v) is 15.1. The monoisotopic (exact) mass is 326 g/mol. The van der Waals surface area contributed by atoms with E-state index in [2.05, 4.69) is 20.8 Å². The lowest BCUT2D eigenvalue weighted by Gasteiger charge is -2.19. The Labute approximate surface area is 133 Å². The summed E-state index contributed by atoms with van der Waals surface area (Å²) in [5.74, 6) is -0.0416. The van der Waals surface area contributed by atoms with Gasteiger partial charge in [-0.15, -0.1) is 0 Å². The molecule has 0 atom stereocenters. The van der Waals surface area contributed by atoms with Crippen LogP contribution < -0.4 is 0 Å². The highest BCUT2D eigenvalue weighted by Gasteiger charge is 2.25. The second kappa shape index (κ2) is 8.05. The van der Waals surface area contributed by atoms with Crippen molar-refractivity contribution >= 4 is 13.4 Å². The first-order valence-corrected chi connectivity index (χ1v) is 9.46. The molecule has 124 valence electrons. The molecule has 4 nitrogen and oxygen atoms in total. The van der Waals surface area contributed by atoms with E-state index < -0.39 is 7.60 Å². The minimum absolute atomic E-state index is 0.0416. The molecule has 1 aromatic rings. The lowest BCUT2D eigenvalue weighted by Crippen LogP contribution is -2.11. The van der Waals surface area contributed by atoms with Crippen LogP contribution >= 0.6 is 7.60 Å². The number of carbonyl (C=O) groups is 1. The topological polar surface area (TPSA) is 52.6 Å². The maximum absolute atomic E-state index is 12.3. The maximum atomic E-state index is 12.3. The van der Waals surface area contributed by atoms with Crippen LogP contribution in [0.4, 0.5) is 0 Å². The number of hydrogen-bond donors (Lipinski definition) is 0. The first-order chi connectivity index (χ1) is 10.2.